The summed E-state index contributed by atoms with van der Waals surface area (Å²) in [5.74, 6) is 0.470. The molecule has 0 aliphatic rings. The molecule has 0 heterocycles. The molecule has 0 spiro atoms. The molecule has 0 N–H and O–H groups in total. The quantitative estimate of drug-likeness (QED) is 0.742. The van der Waals surface area contributed by atoms with Crippen LogP contribution < -0.4 is 4.74 Å². The molecule has 0 atom stereocenters. The molecule has 14 heavy (non-hydrogen) atoms. The van der Waals surface area contributed by atoms with E-state index in [1.54, 1.807) is 6.07 Å². The minimum atomic E-state index is -0.842. The zero-order chi connectivity index (χ0) is 10.4. The van der Waals surface area contributed by atoms with Gasteiger partial charge < -0.3 is 4.74 Å². The predicted molar refractivity (Wildman–Crippen MR) is 60.2 cm³/mol. The summed E-state index contributed by atoms with van der Waals surface area (Å²) in [6.07, 6.45) is 1.81. The SMILES string of the molecule is FCOc1c(Cl)cccc1CCCBr. The van der Waals surface area contributed by atoms with E-state index in [9.17, 15) is 4.39 Å². The second-order valence-corrected chi connectivity index (χ2v) is 3.97. The molecule has 4 heteroatoms. The summed E-state index contributed by atoms with van der Waals surface area (Å²) in [4.78, 5) is 0. The average Bonchev–Trinajstić information content (AvgIpc) is 2.19. The maximum atomic E-state index is 12.1. The number of para-hydroxylation sites is 1. The number of hydrogen-bond donors (Lipinski definition) is 0. The van der Waals surface area contributed by atoms with Crippen molar-refractivity contribution in [3.05, 3.63) is 28.8 Å². The highest BCUT2D eigenvalue weighted by Crippen LogP contribution is 2.29. The third kappa shape index (κ3) is 3.14. The fraction of sp³-hybridized carbons (Fsp3) is 0.400. The summed E-state index contributed by atoms with van der Waals surface area (Å²) >= 11 is 9.22. The van der Waals surface area contributed by atoms with Gasteiger partial charge in [-0.15, -0.1) is 0 Å². The van der Waals surface area contributed by atoms with Gasteiger partial charge in [0.05, 0.1) is 5.02 Å². The van der Waals surface area contributed by atoms with Gasteiger partial charge in [0.25, 0.3) is 0 Å². The van der Waals surface area contributed by atoms with Gasteiger partial charge >= 0.3 is 0 Å². The van der Waals surface area contributed by atoms with Crippen LogP contribution in [0.2, 0.25) is 5.02 Å². The Morgan fingerprint density at radius 1 is 1.43 bits per heavy atom. The molecule has 1 aromatic rings. The molecule has 1 nitrogen and oxygen atoms in total. The minimum Gasteiger partial charge on any atom is -0.461 e. The monoisotopic (exact) mass is 280 g/mol. The topological polar surface area (TPSA) is 9.23 Å². The van der Waals surface area contributed by atoms with E-state index >= 15 is 0 Å². The molecule has 0 radical (unpaired) electrons. The van der Waals surface area contributed by atoms with Crippen molar-refractivity contribution in [2.24, 2.45) is 0 Å². The van der Waals surface area contributed by atoms with Gasteiger partial charge in [-0.1, -0.05) is 39.7 Å². The lowest BCUT2D eigenvalue weighted by atomic mass is 10.1. The Morgan fingerprint density at radius 3 is 2.86 bits per heavy atom. The fourth-order valence-corrected chi connectivity index (χ4v) is 1.75. The summed E-state index contributed by atoms with van der Waals surface area (Å²) in [7, 11) is 0. The highest BCUT2D eigenvalue weighted by Gasteiger charge is 2.07. The third-order valence-corrected chi connectivity index (χ3v) is 2.69. The standard InChI is InChI=1S/C10H11BrClFO/c11-6-2-4-8-3-1-5-9(12)10(8)14-7-13/h1,3,5H,2,4,6-7H2. The van der Waals surface area contributed by atoms with Gasteiger partial charge in [0.1, 0.15) is 5.75 Å². The summed E-state index contributed by atoms with van der Waals surface area (Å²) in [6, 6.07) is 5.45. The number of alkyl halides is 2. The lowest BCUT2D eigenvalue weighted by Crippen LogP contribution is -1.97. The molecule has 0 aromatic heterocycles. The summed E-state index contributed by atoms with van der Waals surface area (Å²) in [5.41, 5.74) is 0.953. The highest BCUT2D eigenvalue weighted by molar-refractivity contribution is 9.09. The van der Waals surface area contributed by atoms with Gasteiger partial charge in [0, 0.05) is 5.33 Å². The molecule has 1 aromatic carbocycles. The van der Waals surface area contributed by atoms with E-state index < -0.39 is 6.86 Å². The molecule has 0 fully saturated rings. The molecular formula is C10H11BrClFO. The Morgan fingerprint density at radius 2 is 2.21 bits per heavy atom. The van der Waals surface area contributed by atoms with Crippen LogP contribution in [0.3, 0.4) is 0 Å². The third-order valence-electron chi connectivity index (χ3n) is 1.83. The van der Waals surface area contributed by atoms with Gasteiger partial charge in [-0.25, -0.2) is 4.39 Å². The molecule has 0 aliphatic carbocycles. The summed E-state index contributed by atoms with van der Waals surface area (Å²) in [6.45, 7) is -0.842. The second kappa shape index (κ2) is 6.25. The maximum Gasteiger partial charge on any atom is 0.228 e. The number of hydrogen-bond acceptors (Lipinski definition) is 1. The number of rotatable bonds is 5. The largest absolute Gasteiger partial charge is 0.461 e. The van der Waals surface area contributed by atoms with Crippen LogP contribution in [0.1, 0.15) is 12.0 Å². The lowest BCUT2D eigenvalue weighted by Gasteiger charge is -2.09. The first-order valence-electron chi connectivity index (χ1n) is 4.31. The lowest BCUT2D eigenvalue weighted by molar-refractivity contribution is 0.190. The van der Waals surface area contributed by atoms with Gasteiger partial charge in [0.15, 0.2) is 0 Å². The van der Waals surface area contributed by atoms with Gasteiger partial charge in [-0.2, -0.15) is 0 Å². The average molecular weight is 282 g/mol. The minimum absolute atomic E-state index is 0.467. The molecule has 0 unspecified atom stereocenters. The van der Waals surface area contributed by atoms with E-state index in [4.69, 9.17) is 16.3 Å². The van der Waals surface area contributed by atoms with Crippen LogP contribution in [0.15, 0.2) is 18.2 Å². The predicted octanol–water partition coefficient (Wildman–Crippen LogP) is 3.97. The van der Waals surface area contributed by atoms with Crippen molar-refractivity contribution < 1.29 is 9.13 Å². The molecule has 0 aliphatic heterocycles. The number of ether oxygens (including phenoxy) is 1. The van der Waals surface area contributed by atoms with Crippen LogP contribution in [-0.4, -0.2) is 12.2 Å². The molecule has 0 saturated carbocycles. The Hall–Kier alpha value is -0.280. The first kappa shape index (κ1) is 11.8. The van der Waals surface area contributed by atoms with E-state index in [-0.39, 0.29) is 0 Å². The Kier molecular flexibility index (Phi) is 5.26. The van der Waals surface area contributed by atoms with Gasteiger partial charge in [-0.05, 0) is 24.5 Å². The van der Waals surface area contributed by atoms with Crippen molar-refractivity contribution in [2.75, 3.05) is 12.2 Å². The van der Waals surface area contributed by atoms with Crippen LogP contribution >= 0.6 is 27.5 Å². The normalized spacial score (nSPS) is 10.2. The van der Waals surface area contributed by atoms with E-state index in [2.05, 4.69) is 15.9 Å². The zero-order valence-electron chi connectivity index (χ0n) is 7.60. The number of benzene rings is 1. The Balaban J connectivity index is 2.83. The number of aryl methyl sites for hydroxylation is 1. The molecule has 0 bridgehead atoms. The van der Waals surface area contributed by atoms with Gasteiger partial charge in [-0.3, -0.25) is 0 Å². The van der Waals surface area contributed by atoms with Crippen LogP contribution in [0.5, 0.6) is 5.75 Å². The van der Waals surface area contributed by atoms with E-state index in [1.807, 2.05) is 12.1 Å². The number of halogens is 3. The van der Waals surface area contributed by atoms with Crippen molar-refractivity contribution in [3.63, 3.8) is 0 Å². The summed E-state index contributed by atoms with van der Waals surface area (Å²) in [5, 5.41) is 1.38. The van der Waals surface area contributed by atoms with Crippen molar-refractivity contribution >= 4 is 27.5 Å². The smallest absolute Gasteiger partial charge is 0.228 e. The first-order valence-corrected chi connectivity index (χ1v) is 5.81. The maximum absolute atomic E-state index is 12.1. The van der Waals surface area contributed by atoms with Crippen molar-refractivity contribution in [1.29, 1.82) is 0 Å². The van der Waals surface area contributed by atoms with E-state index in [0.29, 0.717) is 10.8 Å². The second-order valence-electron chi connectivity index (χ2n) is 2.77. The highest BCUT2D eigenvalue weighted by atomic mass is 79.9. The van der Waals surface area contributed by atoms with Crippen LogP contribution in [0, 0.1) is 0 Å². The summed E-state index contributed by atoms with van der Waals surface area (Å²) < 4.78 is 16.9. The molecule has 1 rings (SSSR count). The molecule has 0 amide bonds. The van der Waals surface area contributed by atoms with E-state index in [0.717, 1.165) is 23.7 Å². The molecule has 0 saturated heterocycles. The first-order chi connectivity index (χ1) is 6.79. The van der Waals surface area contributed by atoms with Crippen molar-refractivity contribution in [3.8, 4) is 5.75 Å². The zero-order valence-corrected chi connectivity index (χ0v) is 9.94. The van der Waals surface area contributed by atoms with Crippen LogP contribution in [-0.2, 0) is 6.42 Å². The fourth-order valence-electron chi connectivity index (χ4n) is 1.22. The van der Waals surface area contributed by atoms with Crippen LogP contribution in [0.4, 0.5) is 4.39 Å². The van der Waals surface area contributed by atoms with Crippen molar-refractivity contribution in [2.45, 2.75) is 12.8 Å². The Labute approximate surface area is 96.3 Å². The van der Waals surface area contributed by atoms with E-state index in [1.165, 1.54) is 0 Å². The van der Waals surface area contributed by atoms with Gasteiger partial charge in [0.2, 0.25) is 6.86 Å². The Bertz CT molecular complexity index is 293. The molecular weight excluding hydrogens is 270 g/mol. The van der Waals surface area contributed by atoms with Crippen LogP contribution in [0.25, 0.3) is 0 Å². The molecule has 78 valence electrons. The van der Waals surface area contributed by atoms with Crippen molar-refractivity contribution in [1.82, 2.24) is 0 Å².